The summed E-state index contributed by atoms with van der Waals surface area (Å²) in [6.07, 6.45) is 4.61. The fourth-order valence-electron chi connectivity index (χ4n) is 1.68. The first-order valence-corrected chi connectivity index (χ1v) is 5.33. The maximum atomic E-state index is 5.87. The molecule has 1 atom stereocenters. The standard InChI is InChI=1S/C12H23N3/c1-5-6-11(12(14)15-4)10(7-8-13)9(2)3/h5-6,9-10H,1,7-8,13H2,2-4H3,(H2,14,15)/b11-6-. The molecule has 0 saturated heterocycles. The topological polar surface area (TPSA) is 64.4 Å². The Balaban J connectivity index is 5.01. The summed E-state index contributed by atoms with van der Waals surface area (Å²) < 4.78 is 0. The zero-order valence-corrected chi connectivity index (χ0v) is 10.0. The van der Waals surface area contributed by atoms with Crippen molar-refractivity contribution in [1.82, 2.24) is 0 Å². The van der Waals surface area contributed by atoms with Crippen LogP contribution in [0.25, 0.3) is 0 Å². The van der Waals surface area contributed by atoms with Crippen LogP contribution in [-0.4, -0.2) is 19.4 Å². The molecule has 3 heteroatoms. The van der Waals surface area contributed by atoms with Gasteiger partial charge in [0, 0.05) is 7.05 Å². The number of allylic oxidation sites excluding steroid dienone is 2. The zero-order valence-electron chi connectivity index (χ0n) is 10.0. The molecule has 0 fully saturated rings. The normalized spacial score (nSPS) is 15.5. The first kappa shape index (κ1) is 13.9. The number of nitrogens with zero attached hydrogens (tertiary/aromatic N) is 1. The van der Waals surface area contributed by atoms with E-state index in [9.17, 15) is 0 Å². The second-order valence-electron chi connectivity index (χ2n) is 3.89. The van der Waals surface area contributed by atoms with E-state index in [1.807, 2.05) is 6.08 Å². The number of hydrogen-bond donors (Lipinski definition) is 2. The zero-order chi connectivity index (χ0) is 11.8. The summed E-state index contributed by atoms with van der Waals surface area (Å²) in [7, 11) is 1.70. The van der Waals surface area contributed by atoms with Gasteiger partial charge in [0.1, 0.15) is 5.84 Å². The van der Waals surface area contributed by atoms with Crippen molar-refractivity contribution in [3.05, 3.63) is 24.3 Å². The fraction of sp³-hybridized carbons (Fsp3) is 0.583. The molecule has 4 N–H and O–H groups in total. The number of amidine groups is 1. The van der Waals surface area contributed by atoms with Gasteiger partial charge < -0.3 is 11.5 Å². The van der Waals surface area contributed by atoms with Gasteiger partial charge >= 0.3 is 0 Å². The first-order chi connectivity index (χ1) is 7.08. The number of hydrogen-bond acceptors (Lipinski definition) is 2. The molecule has 0 aliphatic carbocycles. The molecule has 0 aromatic carbocycles. The highest BCUT2D eigenvalue weighted by atomic mass is 14.8. The van der Waals surface area contributed by atoms with Gasteiger partial charge in [-0.2, -0.15) is 0 Å². The summed E-state index contributed by atoms with van der Waals surface area (Å²) in [5.41, 5.74) is 12.5. The summed E-state index contributed by atoms with van der Waals surface area (Å²) in [6, 6.07) is 0. The van der Waals surface area contributed by atoms with Crippen molar-refractivity contribution in [1.29, 1.82) is 0 Å². The SMILES string of the molecule is C=C/C=C(\C(N)=NC)C(CCN)C(C)C. The van der Waals surface area contributed by atoms with Crippen molar-refractivity contribution in [3.8, 4) is 0 Å². The van der Waals surface area contributed by atoms with Crippen molar-refractivity contribution in [2.75, 3.05) is 13.6 Å². The van der Waals surface area contributed by atoms with Crippen LogP contribution < -0.4 is 11.5 Å². The maximum absolute atomic E-state index is 5.87. The Morgan fingerprint density at radius 3 is 2.40 bits per heavy atom. The Morgan fingerprint density at radius 1 is 1.47 bits per heavy atom. The Hall–Kier alpha value is -1.09. The average molecular weight is 209 g/mol. The average Bonchev–Trinajstić information content (AvgIpc) is 2.21. The molecule has 0 rings (SSSR count). The molecule has 0 amide bonds. The van der Waals surface area contributed by atoms with Crippen LogP contribution >= 0.6 is 0 Å². The smallest absolute Gasteiger partial charge is 0.121 e. The quantitative estimate of drug-likeness (QED) is 0.397. The molecule has 86 valence electrons. The molecule has 0 aromatic rings. The predicted octanol–water partition coefficient (Wildman–Crippen LogP) is 1.71. The molecule has 0 heterocycles. The highest BCUT2D eigenvalue weighted by Gasteiger charge is 2.19. The van der Waals surface area contributed by atoms with E-state index >= 15 is 0 Å². The molecule has 0 aliphatic rings. The van der Waals surface area contributed by atoms with Crippen LogP contribution in [0.5, 0.6) is 0 Å². The van der Waals surface area contributed by atoms with E-state index < -0.39 is 0 Å². The lowest BCUT2D eigenvalue weighted by Crippen LogP contribution is -2.26. The van der Waals surface area contributed by atoms with Gasteiger partial charge in [-0.25, -0.2) is 0 Å². The molecule has 1 unspecified atom stereocenters. The minimum Gasteiger partial charge on any atom is -0.384 e. The molecule has 3 nitrogen and oxygen atoms in total. The van der Waals surface area contributed by atoms with Gasteiger partial charge in [-0.3, -0.25) is 4.99 Å². The minimum atomic E-state index is 0.358. The predicted molar refractivity (Wildman–Crippen MR) is 67.8 cm³/mol. The number of rotatable bonds is 6. The van der Waals surface area contributed by atoms with Crippen LogP contribution in [0.1, 0.15) is 20.3 Å². The van der Waals surface area contributed by atoms with Crippen LogP contribution in [0.2, 0.25) is 0 Å². The highest BCUT2D eigenvalue weighted by molar-refractivity contribution is 5.97. The van der Waals surface area contributed by atoms with Crippen LogP contribution in [0.3, 0.4) is 0 Å². The number of aliphatic imine (C=N–C) groups is 1. The summed E-state index contributed by atoms with van der Waals surface area (Å²) in [5.74, 6) is 1.44. The van der Waals surface area contributed by atoms with E-state index in [2.05, 4.69) is 25.4 Å². The lowest BCUT2D eigenvalue weighted by Gasteiger charge is -2.23. The lowest BCUT2D eigenvalue weighted by atomic mass is 9.84. The van der Waals surface area contributed by atoms with Crippen molar-refractivity contribution < 1.29 is 0 Å². The number of nitrogens with two attached hydrogens (primary N) is 2. The van der Waals surface area contributed by atoms with E-state index in [1.54, 1.807) is 13.1 Å². The van der Waals surface area contributed by atoms with Gasteiger partial charge in [-0.1, -0.05) is 32.6 Å². The summed E-state index contributed by atoms with van der Waals surface area (Å²) in [5, 5.41) is 0. The highest BCUT2D eigenvalue weighted by Crippen LogP contribution is 2.24. The van der Waals surface area contributed by atoms with Crippen LogP contribution in [0.15, 0.2) is 29.3 Å². The molecule has 0 aliphatic heterocycles. The van der Waals surface area contributed by atoms with Crippen molar-refractivity contribution in [2.24, 2.45) is 28.3 Å². The molecule has 0 bridgehead atoms. The Labute approximate surface area is 92.9 Å². The molecular formula is C12H23N3. The third-order valence-corrected chi connectivity index (χ3v) is 2.52. The Morgan fingerprint density at radius 2 is 2.07 bits per heavy atom. The Bertz CT molecular complexity index is 252. The van der Waals surface area contributed by atoms with Gasteiger partial charge in [0.15, 0.2) is 0 Å². The largest absolute Gasteiger partial charge is 0.384 e. The summed E-state index contributed by atoms with van der Waals surface area (Å²) in [6.45, 7) is 8.70. The third-order valence-electron chi connectivity index (χ3n) is 2.52. The van der Waals surface area contributed by atoms with Crippen LogP contribution in [0.4, 0.5) is 0 Å². The van der Waals surface area contributed by atoms with Crippen molar-refractivity contribution in [3.63, 3.8) is 0 Å². The van der Waals surface area contributed by atoms with E-state index in [1.165, 1.54) is 0 Å². The fourth-order valence-corrected chi connectivity index (χ4v) is 1.68. The van der Waals surface area contributed by atoms with Crippen LogP contribution in [-0.2, 0) is 0 Å². The van der Waals surface area contributed by atoms with Crippen molar-refractivity contribution >= 4 is 5.84 Å². The van der Waals surface area contributed by atoms with Gasteiger partial charge in [0.2, 0.25) is 0 Å². The van der Waals surface area contributed by atoms with Crippen LogP contribution in [0, 0.1) is 11.8 Å². The second kappa shape index (κ2) is 7.23. The summed E-state index contributed by atoms with van der Waals surface area (Å²) >= 11 is 0. The first-order valence-electron chi connectivity index (χ1n) is 5.33. The monoisotopic (exact) mass is 209 g/mol. The molecular weight excluding hydrogens is 186 g/mol. The van der Waals surface area contributed by atoms with E-state index in [-0.39, 0.29) is 0 Å². The third kappa shape index (κ3) is 4.30. The second-order valence-corrected chi connectivity index (χ2v) is 3.89. The molecule has 15 heavy (non-hydrogen) atoms. The van der Waals surface area contributed by atoms with E-state index in [4.69, 9.17) is 11.5 Å². The molecule has 0 radical (unpaired) electrons. The van der Waals surface area contributed by atoms with Gasteiger partial charge in [-0.15, -0.1) is 0 Å². The Kier molecular flexibility index (Phi) is 6.71. The van der Waals surface area contributed by atoms with E-state index in [0.717, 1.165) is 12.0 Å². The molecule has 0 spiro atoms. The maximum Gasteiger partial charge on any atom is 0.121 e. The van der Waals surface area contributed by atoms with Gasteiger partial charge in [-0.05, 0) is 30.4 Å². The van der Waals surface area contributed by atoms with Crippen molar-refractivity contribution in [2.45, 2.75) is 20.3 Å². The van der Waals surface area contributed by atoms with Gasteiger partial charge in [0.25, 0.3) is 0 Å². The van der Waals surface area contributed by atoms with Gasteiger partial charge in [0.05, 0.1) is 0 Å². The lowest BCUT2D eigenvalue weighted by molar-refractivity contribution is 0.430. The van der Waals surface area contributed by atoms with E-state index in [0.29, 0.717) is 24.2 Å². The molecule has 0 saturated carbocycles. The summed E-state index contributed by atoms with van der Waals surface area (Å²) in [4.78, 5) is 4.03. The minimum absolute atomic E-state index is 0.358. The molecule has 0 aromatic heterocycles.